The Balaban J connectivity index is 1.21. The van der Waals surface area contributed by atoms with Crippen LogP contribution < -0.4 is 14.4 Å². The van der Waals surface area contributed by atoms with Gasteiger partial charge in [-0.15, -0.1) is 0 Å². The van der Waals surface area contributed by atoms with E-state index in [2.05, 4.69) is 51.8 Å². The number of aromatic nitrogens is 1. The second-order valence-corrected chi connectivity index (χ2v) is 9.73. The molecule has 0 radical (unpaired) electrons. The van der Waals surface area contributed by atoms with Gasteiger partial charge in [-0.3, -0.25) is 9.69 Å². The summed E-state index contributed by atoms with van der Waals surface area (Å²) in [6, 6.07) is 19.5. The van der Waals surface area contributed by atoms with E-state index in [0.717, 1.165) is 54.9 Å². The molecule has 7 heteroatoms. The molecule has 7 nitrogen and oxygen atoms in total. The van der Waals surface area contributed by atoms with Crippen molar-refractivity contribution >= 4 is 28.4 Å². The lowest BCUT2D eigenvalue weighted by Crippen LogP contribution is -2.46. The van der Waals surface area contributed by atoms with Crippen LogP contribution in [0.15, 0.2) is 72.6 Å². The standard InChI is InChI=1S/C31H31N3O4/c1-3-33-19-21(24-6-4-5-7-27(24)33)18-29-30(36)25-12-13-28(35)26(31(25)38-29)20-32-14-16-34(17-15-32)22-8-10-23(37-2)11-9-22/h4-13,18-19,35H,3,14-17,20H2,1-2H3/b29-18+. The first kappa shape index (κ1) is 24.1. The number of carbonyl (C=O) groups is 1. The summed E-state index contributed by atoms with van der Waals surface area (Å²) in [5.41, 5.74) is 4.39. The van der Waals surface area contributed by atoms with Crippen LogP contribution in [0, 0.1) is 0 Å². The summed E-state index contributed by atoms with van der Waals surface area (Å²) in [5.74, 6) is 1.60. The molecule has 2 aliphatic heterocycles. The minimum absolute atomic E-state index is 0.151. The number of piperazine rings is 1. The Morgan fingerprint density at radius 2 is 1.76 bits per heavy atom. The quantitative estimate of drug-likeness (QED) is 0.355. The van der Waals surface area contributed by atoms with E-state index >= 15 is 0 Å². The molecule has 3 aromatic carbocycles. The van der Waals surface area contributed by atoms with Gasteiger partial charge in [0, 0.05) is 67.6 Å². The first-order chi connectivity index (χ1) is 18.6. The number of ketones is 1. The third kappa shape index (κ3) is 4.29. The average Bonchev–Trinajstić information content (AvgIpc) is 3.48. The number of hydrogen-bond acceptors (Lipinski definition) is 6. The van der Waals surface area contributed by atoms with Gasteiger partial charge in [0.05, 0.1) is 18.2 Å². The second kappa shape index (κ2) is 9.91. The molecule has 1 aromatic heterocycles. The maximum atomic E-state index is 13.3. The minimum atomic E-state index is -0.154. The van der Waals surface area contributed by atoms with Crippen LogP contribution in [-0.4, -0.2) is 53.6 Å². The number of carbonyl (C=O) groups excluding carboxylic acids is 1. The van der Waals surface area contributed by atoms with Crippen LogP contribution >= 0.6 is 0 Å². The predicted molar refractivity (Wildman–Crippen MR) is 149 cm³/mol. The van der Waals surface area contributed by atoms with Crippen molar-refractivity contribution < 1.29 is 19.4 Å². The number of aromatic hydroxyl groups is 1. The van der Waals surface area contributed by atoms with Crippen molar-refractivity contribution in [2.45, 2.75) is 20.0 Å². The van der Waals surface area contributed by atoms with E-state index < -0.39 is 0 Å². The van der Waals surface area contributed by atoms with E-state index in [9.17, 15) is 9.90 Å². The van der Waals surface area contributed by atoms with Gasteiger partial charge in [0.1, 0.15) is 17.2 Å². The molecule has 1 saturated heterocycles. The number of Topliss-reactive ketones (excluding diaryl/α,β-unsaturated/α-hetero) is 1. The van der Waals surface area contributed by atoms with Crippen LogP contribution in [0.25, 0.3) is 17.0 Å². The molecule has 1 fully saturated rings. The first-order valence-electron chi connectivity index (χ1n) is 13.0. The number of nitrogens with zero attached hydrogens (tertiary/aromatic N) is 3. The third-order valence-electron chi connectivity index (χ3n) is 7.55. The van der Waals surface area contributed by atoms with Crippen LogP contribution in [-0.2, 0) is 13.1 Å². The Hall–Kier alpha value is -4.23. The second-order valence-electron chi connectivity index (χ2n) is 9.73. The average molecular weight is 510 g/mol. The Bertz CT molecular complexity index is 1530. The van der Waals surface area contributed by atoms with Gasteiger partial charge in [0.2, 0.25) is 5.78 Å². The summed E-state index contributed by atoms with van der Waals surface area (Å²) < 4.78 is 13.6. The van der Waals surface area contributed by atoms with E-state index in [0.29, 0.717) is 23.4 Å². The van der Waals surface area contributed by atoms with Gasteiger partial charge in [0.25, 0.3) is 0 Å². The van der Waals surface area contributed by atoms with E-state index in [1.54, 1.807) is 19.2 Å². The van der Waals surface area contributed by atoms with Gasteiger partial charge in [-0.2, -0.15) is 0 Å². The normalized spacial score (nSPS) is 16.7. The van der Waals surface area contributed by atoms with E-state index in [1.807, 2.05) is 30.3 Å². The zero-order valence-corrected chi connectivity index (χ0v) is 21.7. The number of benzene rings is 3. The number of allylic oxidation sites excluding steroid dienone is 1. The molecule has 4 aromatic rings. The zero-order chi connectivity index (χ0) is 26.2. The van der Waals surface area contributed by atoms with Crippen molar-refractivity contribution in [1.29, 1.82) is 0 Å². The molecule has 2 aliphatic rings. The van der Waals surface area contributed by atoms with E-state index in [4.69, 9.17) is 9.47 Å². The Morgan fingerprint density at radius 3 is 2.50 bits per heavy atom. The van der Waals surface area contributed by atoms with Gasteiger partial charge < -0.3 is 24.0 Å². The van der Waals surface area contributed by atoms with Gasteiger partial charge in [-0.05, 0) is 55.5 Å². The van der Waals surface area contributed by atoms with Gasteiger partial charge in [0.15, 0.2) is 5.76 Å². The summed E-state index contributed by atoms with van der Waals surface area (Å²) in [7, 11) is 1.67. The number of phenols is 1. The first-order valence-corrected chi connectivity index (χ1v) is 13.0. The molecule has 0 amide bonds. The number of aryl methyl sites for hydroxylation is 1. The van der Waals surface area contributed by atoms with E-state index in [1.165, 1.54) is 5.69 Å². The van der Waals surface area contributed by atoms with Gasteiger partial charge in [-0.1, -0.05) is 18.2 Å². The molecule has 38 heavy (non-hydrogen) atoms. The highest BCUT2D eigenvalue weighted by atomic mass is 16.5. The number of rotatable bonds is 6. The van der Waals surface area contributed by atoms with Crippen LogP contribution in [0.1, 0.15) is 28.4 Å². The van der Waals surface area contributed by atoms with Crippen LogP contribution in [0.4, 0.5) is 5.69 Å². The summed E-state index contributed by atoms with van der Waals surface area (Å²) in [6.45, 7) is 6.86. The molecule has 0 spiro atoms. The fourth-order valence-electron chi connectivity index (χ4n) is 5.42. The summed E-state index contributed by atoms with van der Waals surface area (Å²) >= 11 is 0. The summed E-state index contributed by atoms with van der Waals surface area (Å²) in [4.78, 5) is 17.9. The molecule has 0 saturated carbocycles. The number of phenolic OH excluding ortho intramolecular Hbond substituents is 1. The smallest absolute Gasteiger partial charge is 0.231 e. The summed E-state index contributed by atoms with van der Waals surface area (Å²) in [6.07, 6.45) is 3.88. The lowest BCUT2D eigenvalue weighted by molar-refractivity contribution is 0.101. The largest absolute Gasteiger partial charge is 0.507 e. The zero-order valence-electron chi connectivity index (χ0n) is 21.7. The van der Waals surface area contributed by atoms with Crippen molar-refractivity contribution in [3.8, 4) is 17.2 Å². The van der Waals surface area contributed by atoms with Crippen LogP contribution in [0.3, 0.4) is 0 Å². The number of para-hydroxylation sites is 1. The van der Waals surface area contributed by atoms with Crippen molar-refractivity contribution in [3.05, 3.63) is 89.3 Å². The molecule has 194 valence electrons. The van der Waals surface area contributed by atoms with Crippen LogP contribution in [0.5, 0.6) is 17.2 Å². The van der Waals surface area contributed by atoms with Crippen molar-refractivity contribution in [3.63, 3.8) is 0 Å². The molecule has 0 atom stereocenters. The third-order valence-corrected chi connectivity index (χ3v) is 7.55. The molecule has 0 aliphatic carbocycles. The highest BCUT2D eigenvalue weighted by Crippen LogP contribution is 2.40. The molecule has 6 rings (SSSR count). The highest BCUT2D eigenvalue weighted by molar-refractivity contribution is 6.15. The molecular weight excluding hydrogens is 478 g/mol. The topological polar surface area (TPSA) is 67.2 Å². The fourth-order valence-corrected chi connectivity index (χ4v) is 5.42. The lowest BCUT2D eigenvalue weighted by Gasteiger charge is -2.36. The Kier molecular flexibility index (Phi) is 6.29. The highest BCUT2D eigenvalue weighted by Gasteiger charge is 2.32. The number of methoxy groups -OCH3 is 1. The lowest BCUT2D eigenvalue weighted by atomic mass is 10.0. The fraction of sp³-hybridized carbons (Fsp3) is 0.258. The predicted octanol–water partition coefficient (Wildman–Crippen LogP) is 5.31. The minimum Gasteiger partial charge on any atom is -0.507 e. The molecule has 0 bridgehead atoms. The number of ether oxygens (including phenoxy) is 2. The van der Waals surface area contributed by atoms with Crippen molar-refractivity contribution in [1.82, 2.24) is 9.47 Å². The Labute approximate surface area is 222 Å². The molecule has 3 heterocycles. The van der Waals surface area contributed by atoms with Crippen molar-refractivity contribution in [2.75, 3.05) is 38.2 Å². The number of hydrogen-bond donors (Lipinski definition) is 1. The SMILES string of the molecule is CCn1cc(/C=C2/Oc3c(ccc(O)c3CN3CCN(c4ccc(OC)cc4)CC3)C2=O)c2ccccc21. The van der Waals surface area contributed by atoms with E-state index in [-0.39, 0.29) is 17.3 Å². The van der Waals surface area contributed by atoms with Gasteiger partial charge >= 0.3 is 0 Å². The summed E-state index contributed by atoms with van der Waals surface area (Å²) in [5, 5.41) is 11.8. The molecule has 0 unspecified atom stereocenters. The van der Waals surface area contributed by atoms with Gasteiger partial charge in [-0.25, -0.2) is 0 Å². The maximum absolute atomic E-state index is 13.3. The van der Waals surface area contributed by atoms with Crippen LogP contribution in [0.2, 0.25) is 0 Å². The monoisotopic (exact) mass is 509 g/mol. The Morgan fingerprint density at radius 1 is 1.00 bits per heavy atom. The maximum Gasteiger partial charge on any atom is 0.231 e. The van der Waals surface area contributed by atoms with Crippen molar-refractivity contribution in [2.24, 2.45) is 0 Å². The number of anilines is 1. The molecular formula is C31H31N3O4. The number of fused-ring (bicyclic) bond motifs is 2. The molecule has 1 N–H and O–H groups in total.